The number of nitrogens with zero attached hydrogens (tertiary/aromatic N) is 3. The van der Waals surface area contributed by atoms with E-state index >= 15 is 0 Å². The fourth-order valence-corrected chi connectivity index (χ4v) is 3.94. The molecule has 0 fully saturated rings. The molecule has 9 heteroatoms. The number of aromatic nitrogens is 1. The average Bonchev–Trinajstić information content (AvgIpc) is 2.73. The number of rotatable bonds is 4. The Morgan fingerprint density at radius 2 is 1.61 bits per heavy atom. The van der Waals surface area contributed by atoms with Crippen molar-refractivity contribution in [1.29, 1.82) is 0 Å². The molecule has 7 nitrogen and oxygen atoms in total. The summed E-state index contributed by atoms with van der Waals surface area (Å²) in [5, 5.41) is 9.02. The number of nitrogen functional groups attached to an aromatic ring is 1. The zero-order valence-corrected chi connectivity index (χ0v) is 16.8. The van der Waals surface area contributed by atoms with Crippen LogP contribution in [0.3, 0.4) is 0 Å². The van der Waals surface area contributed by atoms with Gasteiger partial charge >= 0.3 is 29.6 Å². The van der Waals surface area contributed by atoms with E-state index < -0.39 is 10.1 Å². The molecule has 152 valence electrons. The summed E-state index contributed by atoms with van der Waals surface area (Å²) in [6.45, 7) is 2.01. The number of pyridine rings is 1. The van der Waals surface area contributed by atoms with E-state index in [1.54, 1.807) is 36.5 Å². The van der Waals surface area contributed by atoms with Crippen LogP contribution in [0.4, 0.5) is 17.1 Å². The van der Waals surface area contributed by atoms with E-state index in [1.165, 1.54) is 6.07 Å². The standard InChI is InChI=1S/C22H18N4O3S.Na.H/c1-14-6-2-3-7-16(14)19-11-10-15(13-24-19)25-26-20-12-21(30(27,28)29)17-8-4-5-9-18(17)22(20)23;;/h2-13H,23H2,1H3,(H,27,28,29);;/b26-25+;;. The Bertz CT molecular complexity index is 1390. The van der Waals surface area contributed by atoms with Crippen LogP contribution in [0.15, 0.2) is 88.1 Å². The van der Waals surface area contributed by atoms with Crippen molar-refractivity contribution in [3.8, 4) is 11.3 Å². The van der Waals surface area contributed by atoms with Gasteiger partial charge in [0.15, 0.2) is 0 Å². The Morgan fingerprint density at radius 3 is 2.26 bits per heavy atom. The van der Waals surface area contributed by atoms with E-state index in [4.69, 9.17) is 5.73 Å². The van der Waals surface area contributed by atoms with Crippen molar-refractivity contribution in [2.75, 3.05) is 5.73 Å². The fraction of sp³-hybridized carbons (Fsp3) is 0.0455. The SMILES string of the molecule is Cc1ccccc1-c1ccc(/N=N/c2cc(S(=O)(=O)O)c3ccccc3c2N)cn1.[NaH]. The molecular formula is C22H19N4NaO3S. The first-order chi connectivity index (χ1) is 14.3. The molecule has 0 atom stereocenters. The van der Waals surface area contributed by atoms with E-state index in [-0.39, 0.29) is 45.8 Å². The molecule has 0 radical (unpaired) electrons. The summed E-state index contributed by atoms with van der Waals surface area (Å²) >= 11 is 0. The zero-order valence-electron chi connectivity index (χ0n) is 16.0. The summed E-state index contributed by atoms with van der Waals surface area (Å²) in [6, 6.07) is 19.4. The maximum atomic E-state index is 11.8. The van der Waals surface area contributed by atoms with Gasteiger partial charge < -0.3 is 5.73 Å². The average molecular weight is 442 g/mol. The molecular weight excluding hydrogens is 423 g/mol. The van der Waals surface area contributed by atoms with Gasteiger partial charge in [-0.25, -0.2) is 0 Å². The first-order valence-electron chi connectivity index (χ1n) is 9.07. The third-order valence-corrected chi connectivity index (χ3v) is 5.64. The molecule has 31 heavy (non-hydrogen) atoms. The Labute approximate surface area is 202 Å². The first kappa shape index (κ1) is 23.1. The minimum atomic E-state index is -4.46. The molecule has 4 rings (SSSR count). The van der Waals surface area contributed by atoms with Gasteiger partial charge in [-0.1, -0.05) is 48.5 Å². The van der Waals surface area contributed by atoms with Crippen LogP contribution in [-0.4, -0.2) is 47.5 Å². The first-order valence-corrected chi connectivity index (χ1v) is 10.5. The van der Waals surface area contributed by atoms with Gasteiger partial charge in [0.25, 0.3) is 10.1 Å². The maximum absolute atomic E-state index is 11.8. The number of hydrogen-bond donors (Lipinski definition) is 2. The molecule has 3 N–H and O–H groups in total. The number of aryl methyl sites for hydroxylation is 1. The van der Waals surface area contributed by atoms with Crippen molar-refractivity contribution in [3.63, 3.8) is 0 Å². The van der Waals surface area contributed by atoms with Gasteiger partial charge in [-0.2, -0.15) is 8.42 Å². The Hall–Kier alpha value is -2.62. The molecule has 0 saturated carbocycles. The van der Waals surface area contributed by atoms with Crippen molar-refractivity contribution >= 4 is 67.5 Å². The van der Waals surface area contributed by atoms with E-state index in [1.807, 2.05) is 37.3 Å². The molecule has 0 amide bonds. The number of azo groups is 1. The number of anilines is 1. The second-order valence-corrected chi connectivity index (χ2v) is 8.13. The minimum absolute atomic E-state index is 0. The number of fused-ring (bicyclic) bond motifs is 1. The van der Waals surface area contributed by atoms with Crippen molar-refractivity contribution in [1.82, 2.24) is 4.98 Å². The van der Waals surface area contributed by atoms with Gasteiger partial charge in [0.2, 0.25) is 0 Å². The van der Waals surface area contributed by atoms with Crippen LogP contribution in [0.5, 0.6) is 0 Å². The second kappa shape index (κ2) is 9.25. The van der Waals surface area contributed by atoms with Crippen LogP contribution < -0.4 is 5.73 Å². The van der Waals surface area contributed by atoms with Crippen molar-refractivity contribution < 1.29 is 13.0 Å². The Morgan fingerprint density at radius 1 is 0.935 bits per heavy atom. The van der Waals surface area contributed by atoms with Gasteiger partial charge in [0.1, 0.15) is 16.3 Å². The summed E-state index contributed by atoms with van der Waals surface area (Å²) in [5.41, 5.74) is 10.0. The molecule has 0 saturated heterocycles. The van der Waals surface area contributed by atoms with E-state index in [0.717, 1.165) is 16.8 Å². The molecule has 4 aromatic rings. The monoisotopic (exact) mass is 442 g/mol. The van der Waals surface area contributed by atoms with Crippen LogP contribution in [0.25, 0.3) is 22.0 Å². The number of hydrogen-bond acceptors (Lipinski definition) is 6. The molecule has 0 aliphatic heterocycles. The van der Waals surface area contributed by atoms with Gasteiger partial charge in [0.05, 0.1) is 17.6 Å². The summed E-state index contributed by atoms with van der Waals surface area (Å²) in [4.78, 5) is 4.16. The van der Waals surface area contributed by atoms with Crippen LogP contribution in [0.2, 0.25) is 0 Å². The fourth-order valence-electron chi connectivity index (χ4n) is 3.22. The van der Waals surface area contributed by atoms with Crippen molar-refractivity contribution in [2.45, 2.75) is 11.8 Å². The third-order valence-electron chi connectivity index (χ3n) is 4.75. The molecule has 3 aromatic carbocycles. The molecule has 0 aliphatic carbocycles. The number of benzene rings is 3. The van der Waals surface area contributed by atoms with Crippen LogP contribution in [-0.2, 0) is 10.1 Å². The summed E-state index contributed by atoms with van der Waals surface area (Å²) in [7, 11) is -4.46. The van der Waals surface area contributed by atoms with Gasteiger partial charge in [0, 0.05) is 16.3 Å². The van der Waals surface area contributed by atoms with Gasteiger partial charge in [-0.05, 0) is 30.7 Å². The van der Waals surface area contributed by atoms with E-state index in [0.29, 0.717) is 16.5 Å². The van der Waals surface area contributed by atoms with Gasteiger partial charge in [-0.15, -0.1) is 10.2 Å². The molecule has 1 heterocycles. The Kier molecular flexibility index (Phi) is 6.88. The van der Waals surface area contributed by atoms with Crippen LogP contribution >= 0.6 is 0 Å². The van der Waals surface area contributed by atoms with Crippen molar-refractivity contribution in [2.24, 2.45) is 10.2 Å². The summed E-state index contributed by atoms with van der Waals surface area (Å²) < 4.78 is 33.2. The zero-order chi connectivity index (χ0) is 21.3. The topological polar surface area (TPSA) is 118 Å². The molecule has 0 bridgehead atoms. The molecule has 0 unspecified atom stereocenters. The predicted octanol–water partition coefficient (Wildman–Crippen LogP) is 4.81. The third kappa shape index (κ3) is 4.84. The Balaban J connectivity index is 0.00000272. The van der Waals surface area contributed by atoms with Crippen LogP contribution in [0, 0.1) is 6.92 Å². The quantitative estimate of drug-likeness (QED) is 0.204. The van der Waals surface area contributed by atoms with Crippen molar-refractivity contribution in [3.05, 3.63) is 78.5 Å². The second-order valence-electron chi connectivity index (χ2n) is 6.74. The van der Waals surface area contributed by atoms with Gasteiger partial charge in [-0.3, -0.25) is 9.54 Å². The molecule has 0 spiro atoms. The van der Waals surface area contributed by atoms with E-state index in [2.05, 4.69) is 15.2 Å². The molecule has 0 aliphatic rings. The van der Waals surface area contributed by atoms with E-state index in [9.17, 15) is 13.0 Å². The number of nitrogens with two attached hydrogens (primary N) is 1. The summed E-state index contributed by atoms with van der Waals surface area (Å²) in [6.07, 6.45) is 1.58. The summed E-state index contributed by atoms with van der Waals surface area (Å²) in [5.74, 6) is 0. The predicted molar refractivity (Wildman–Crippen MR) is 124 cm³/mol. The van der Waals surface area contributed by atoms with Crippen LogP contribution in [0.1, 0.15) is 5.56 Å². The molecule has 1 aromatic heterocycles. The normalized spacial score (nSPS) is 11.5.